The van der Waals surface area contributed by atoms with Gasteiger partial charge in [-0.1, -0.05) is 12.1 Å². The van der Waals surface area contributed by atoms with Gasteiger partial charge in [-0.15, -0.1) is 0 Å². The molecule has 0 aliphatic rings. The van der Waals surface area contributed by atoms with Crippen LogP contribution in [0.25, 0.3) is 11.0 Å². The second-order valence-corrected chi connectivity index (χ2v) is 4.28. The molecule has 0 aliphatic carbocycles. The van der Waals surface area contributed by atoms with E-state index in [1.54, 1.807) is 13.2 Å². The summed E-state index contributed by atoms with van der Waals surface area (Å²) in [5.41, 5.74) is 1.37. The molecule has 0 radical (unpaired) electrons. The number of aromatic nitrogens is 2. The molecule has 1 aromatic heterocycles. The number of ether oxygens (including phenoxy) is 2. The average Bonchev–Trinajstić information content (AvgIpc) is 2.87. The van der Waals surface area contributed by atoms with Gasteiger partial charge in [-0.05, 0) is 30.3 Å². The number of hydrogen-bond donors (Lipinski definition) is 1. The standard InChI is InChI=1S/C15H13FN2O2/c1-19-13-4-2-3-5-14(13)20-9-15-17-11-7-6-10(16)8-12(11)18-15/h2-8H,9H2,1H3,(H,17,18). The summed E-state index contributed by atoms with van der Waals surface area (Å²) in [6.07, 6.45) is 0. The van der Waals surface area contributed by atoms with Crippen molar-refractivity contribution in [3.05, 3.63) is 54.1 Å². The largest absolute Gasteiger partial charge is 0.493 e. The monoisotopic (exact) mass is 272 g/mol. The second-order valence-electron chi connectivity index (χ2n) is 4.28. The lowest BCUT2D eigenvalue weighted by Gasteiger charge is -2.08. The Balaban J connectivity index is 1.79. The van der Waals surface area contributed by atoms with E-state index in [0.29, 0.717) is 28.4 Å². The maximum atomic E-state index is 13.1. The van der Waals surface area contributed by atoms with Gasteiger partial charge in [0.15, 0.2) is 11.5 Å². The summed E-state index contributed by atoms with van der Waals surface area (Å²) in [5.74, 6) is 1.64. The van der Waals surface area contributed by atoms with Crippen molar-refractivity contribution in [2.24, 2.45) is 0 Å². The van der Waals surface area contributed by atoms with E-state index < -0.39 is 0 Å². The molecule has 1 N–H and O–H groups in total. The lowest BCUT2D eigenvalue weighted by Crippen LogP contribution is -1.99. The van der Waals surface area contributed by atoms with Crippen LogP contribution in [0.15, 0.2) is 42.5 Å². The summed E-state index contributed by atoms with van der Waals surface area (Å²) < 4.78 is 24.0. The minimum Gasteiger partial charge on any atom is -0.493 e. The number of rotatable bonds is 4. The van der Waals surface area contributed by atoms with Gasteiger partial charge in [-0.25, -0.2) is 9.37 Å². The SMILES string of the molecule is COc1ccccc1OCc1nc2ccc(F)cc2[nH]1. The van der Waals surface area contributed by atoms with Crippen LogP contribution in [-0.2, 0) is 6.61 Å². The molecule has 3 aromatic rings. The Morgan fingerprint density at radius 3 is 2.75 bits per heavy atom. The molecule has 5 heteroatoms. The summed E-state index contributed by atoms with van der Waals surface area (Å²) in [4.78, 5) is 7.36. The maximum absolute atomic E-state index is 13.1. The van der Waals surface area contributed by atoms with Crippen LogP contribution >= 0.6 is 0 Å². The number of imidazole rings is 1. The quantitative estimate of drug-likeness (QED) is 0.792. The predicted molar refractivity (Wildman–Crippen MR) is 73.4 cm³/mol. The van der Waals surface area contributed by atoms with Gasteiger partial charge in [0.25, 0.3) is 0 Å². The summed E-state index contributed by atoms with van der Waals surface area (Å²) in [5, 5.41) is 0. The smallest absolute Gasteiger partial charge is 0.161 e. The first-order valence-corrected chi connectivity index (χ1v) is 6.16. The van der Waals surface area contributed by atoms with Gasteiger partial charge in [0.1, 0.15) is 18.2 Å². The van der Waals surface area contributed by atoms with Crippen molar-refractivity contribution in [2.45, 2.75) is 6.61 Å². The molecule has 20 heavy (non-hydrogen) atoms. The number of nitrogens with zero attached hydrogens (tertiary/aromatic N) is 1. The minimum atomic E-state index is -0.293. The fourth-order valence-electron chi connectivity index (χ4n) is 1.99. The van der Waals surface area contributed by atoms with Gasteiger partial charge in [0.2, 0.25) is 0 Å². The van der Waals surface area contributed by atoms with Crippen LogP contribution in [0.4, 0.5) is 4.39 Å². The minimum absolute atomic E-state index is 0.261. The van der Waals surface area contributed by atoms with Crippen molar-refractivity contribution < 1.29 is 13.9 Å². The zero-order valence-corrected chi connectivity index (χ0v) is 10.9. The lowest BCUT2D eigenvalue weighted by molar-refractivity contribution is 0.277. The molecule has 2 aromatic carbocycles. The zero-order chi connectivity index (χ0) is 13.9. The van der Waals surface area contributed by atoms with E-state index in [1.807, 2.05) is 24.3 Å². The Bertz CT molecular complexity index is 740. The number of nitrogens with one attached hydrogen (secondary N) is 1. The number of benzene rings is 2. The molecule has 0 atom stereocenters. The van der Waals surface area contributed by atoms with Gasteiger partial charge in [-0.2, -0.15) is 0 Å². The number of para-hydroxylation sites is 2. The molecule has 4 nitrogen and oxygen atoms in total. The van der Waals surface area contributed by atoms with E-state index in [9.17, 15) is 4.39 Å². The molecule has 0 bridgehead atoms. The molecule has 0 amide bonds. The highest BCUT2D eigenvalue weighted by Crippen LogP contribution is 2.26. The maximum Gasteiger partial charge on any atom is 0.161 e. The summed E-state index contributed by atoms with van der Waals surface area (Å²) in [6, 6.07) is 11.8. The second kappa shape index (κ2) is 5.21. The fourth-order valence-corrected chi connectivity index (χ4v) is 1.99. The van der Waals surface area contributed by atoms with Gasteiger partial charge < -0.3 is 14.5 Å². The Labute approximate surface area is 115 Å². The number of aromatic amines is 1. The number of H-pyrrole nitrogens is 1. The number of halogens is 1. The average molecular weight is 272 g/mol. The summed E-state index contributed by atoms with van der Waals surface area (Å²) in [7, 11) is 1.59. The predicted octanol–water partition coefficient (Wildman–Crippen LogP) is 3.29. The Morgan fingerprint density at radius 2 is 1.95 bits per heavy atom. The van der Waals surface area contributed by atoms with Crippen molar-refractivity contribution in [1.82, 2.24) is 9.97 Å². The van der Waals surface area contributed by atoms with Crippen LogP contribution in [0.3, 0.4) is 0 Å². The topological polar surface area (TPSA) is 47.1 Å². The van der Waals surface area contributed by atoms with Crippen LogP contribution in [0, 0.1) is 5.82 Å². The Morgan fingerprint density at radius 1 is 1.15 bits per heavy atom. The first kappa shape index (κ1) is 12.5. The third-order valence-electron chi connectivity index (χ3n) is 2.93. The van der Waals surface area contributed by atoms with Gasteiger partial charge in [-0.3, -0.25) is 0 Å². The molecule has 0 saturated carbocycles. The molecule has 3 rings (SSSR count). The normalized spacial score (nSPS) is 10.7. The van der Waals surface area contributed by atoms with Crippen LogP contribution in [-0.4, -0.2) is 17.1 Å². The van der Waals surface area contributed by atoms with Crippen LogP contribution in [0.5, 0.6) is 11.5 Å². The molecule has 0 unspecified atom stereocenters. The molecular weight excluding hydrogens is 259 g/mol. The fraction of sp³-hybridized carbons (Fsp3) is 0.133. The molecule has 1 heterocycles. The van der Waals surface area contributed by atoms with Crippen LogP contribution in [0.2, 0.25) is 0 Å². The molecule has 0 spiro atoms. The summed E-state index contributed by atoms with van der Waals surface area (Å²) >= 11 is 0. The highest BCUT2D eigenvalue weighted by atomic mass is 19.1. The van der Waals surface area contributed by atoms with Gasteiger partial charge in [0, 0.05) is 0 Å². The Kier molecular flexibility index (Phi) is 3.25. The molecular formula is C15H13FN2O2. The van der Waals surface area contributed by atoms with E-state index >= 15 is 0 Å². The van der Waals surface area contributed by atoms with Crippen molar-refractivity contribution in [2.75, 3.05) is 7.11 Å². The van der Waals surface area contributed by atoms with Crippen molar-refractivity contribution in [1.29, 1.82) is 0 Å². The highest BCUT2D eigenvalue weighted by Gasteiger charge is 2.07. The van der Waals surface area contributed by atoms with Crippen LogP contribution < -0.4 is 9.47 Å². The zero-order valence-electron chi connectivity index (χ0n) is 10.9. The van der Waals surface area contributed by atoms with Crippen molar-refractivity contribution in [3.8, 4) is 11.5 Å². The van der Waals surface area contributed by atoms with E-state index in [4.69, 9.17) is 9.47 Å². The summed E-state index contributed by atoms with van der Waals surface area (Å²) in [6.45, 7) is 0.261. The first-order chi connectivity index (χ1) is 9.76. The van der Waals surface area contributed by atoms with E-state index in [0.717, 1.165) is 0 Å². The van der Waals surface area contributed by atoms with Crippen molar-refractivity contribution >= 4 is 11.0 Å². The van der Waals surface area contributed by atoms with Gasteiger partial charge >= 0.3 is 0 Å². The lowest BCUT2D eigenvalue weighted by atomic mass is 10.3. The number of hydrogen-bond acceptors (Lipinski definition) is 3. The van der Waals surface area contributed by atoms with Crippen molar-refractivity contribution in [3.63, 3.8) is 0 Å². The number of fused-ring (bicyclic) bond motifs is 1. The molecule has 0 saturated heterocycles. The first-order valence-electron chi connectivity index (χ1n) is 6.16. The molecule has 102 valence electrons. The van der Waals surface area contributed by atoms with E-state index in [2.05, 4.69) is 9.97 Å². The molecule has 0 fully saturated rings. The number of methoxy groups -OCH3 is 1. The van der Waals surface area contributed by atoms with Gasteiger partial charge in [0.05, 0.1) is 18.1 Å². The Hall–Kier alpha value is -2.56. The third-order valence-corrected chi connectivity index (χ3v) is 2.93. The third kappa shape index (κ3) is 2.42. The van der Waals surface area contributed by atoms with E-state index in [-0.39, 0.29) is 12.4 Å². The molecule has 0 aliphatic heterocycles. The van der Waals surface area contributed by atoms with E-state index in [1.165, 1.54) is 12.1 Å². The van der Waals surface area contributed by atoms with Crippen LogP contribution in [0.1, 0.15) is 5.82 Å². The highest BCUT2D eigenvalue weighted by molar-refractivity contribution is 5.74.